The Hall–Kier alpha value is -2.76. The molecule has 0 saturated heterocycles. The summed E-state index contributed by atoms with van der Waals surface area (Å²) in [5, 5.41) is 4.93. The third-order valence-electron chi connectivity index (χ3n) is 4.49. The molecule has 0 spiro atoms. The minimum Gasteiger partial charge on any atom is -0.324 e. The van der Waals surface area contributed by atoms with Gasteiger partial charge in [-0.2, -0.15) is 0 Å². The van der Waals surface area contributed by atoms with Gasteiger partial charge in [-0.1, -0.05) is 48.5 Å². The molecule has 0 aliphatic heterocycles. The van der Waals surface area contributed by atoms with Crippen LogP contribution < -0.4 is 5.32 Å². The zero-order chi connectivity index (χ0) is 19.2. The van der Waals surface area contributed by atoms with Crippen LogP contribution >= 0.6 is 11.3 Å². The van der Waals surface area contributed by atoms with Crippen LogP contribution in [0.5, 0.6) is 0 Å². The number of carbonyl (C=O) groups excluding carboxylic acids is 2. The molecule has 0 aliphatic carbocycles. The van der Waals surface area contributed by atoms with E-state index in [0.29, 0.717) is 16.8 Å². The lowest BCUT2D eigenvalue weighted by Gasteiger charge is -2.23. The second kappa shape index (κ2) is 8.75. The van der Waals surface area contributed by atoms with E-state index in [2.05, 4.69) is 18.3 Å². The molecule has 1 N–H and O–H groups in total. The van der Waals surface area contributed by atoms with E-state index in [9.17, 15) is 9.59 Å². The van der Waals surface area contributed by atoms with Gasteiger partial charge in [0.15, 0.2) is 5.78 Å². The van der Waals surface area contributed by atoms with Gasteiger partial charge < -0.3 is 5.32 Å². The number of benzene rings is 2. The molecule has 0 saturated carbocycles. The molecule has 5 heteroatoms. The zero-order valence-corrected chi connectivity index (χ0v) is 16.2. The normalized spacial score (nSPS) is 12.0. The maximum Gasteiger partial charge on any atom is 0.238 e. The second-order valence-corrected chi connectivity index (χ2v) is 7.37. The molecule has 1 unspecified atom stereocenters. The molecule has 0 aliphatic rings. The van der Waals surface area contributed by atoms with Crippen molar-refractivity contribution < 1.29 is 9.59 Å². The van der Waals surface area contributed by atoms with Crippen molar-refractivity contribution in [1.82, 2.24) is 4.90 Å². The van der Waals surface area contributed by atoms with E-state index in [1.54, 1.807) is 41.7 Å². The highest BCUT2D eigenvalue weighted by molar-refractivity contribution is 7.10. The zero-order valence-electron chi connectivity index (χ0n) is 15.4. The molecule has 0 bridgehead atoms. The number of ketones is 1. The SMILES string of the molecule is CC(c1cccs1)N(C)CC(=O)Nc1ccccc1C(=O)c1ccccc1. The summed E-state index contributed by atoms with van der Waals surface area (Å²) in [4.78, 5) is 28.5. The highest BCUT2D eigenvalue weighted by Crippen LogP contribution is 2.23. The van der Waals surface area contributed by atoms with Crippen LogP contribution in [-0.4, -0.2) is 30.2 Å². The predicted molar refractivity (Wildman–Crippen MR) is 110 cm³/mol. The number of nitrogens with one attached hydrogen (secondary N) is 1. The molecule has 1 atom stereocenters. The van der Waals surface area contributed by atoms with Crippen molar-refractivity contribution in [3.8, 4) is 0 Å². The average molecular weight is 378 g/mol. The van der Waals surface area contributed by atoms with E-state index < -0.39 is 0 Å². The Bertz CT molecular complexity index is 907. The molecule has 0 fully saturated rings. The van der Waals surface area contributed by atoms with E-state index in [1.807, 2.05) is 47.7 Å². The molecule has 138 valence electrons. The van der Waals surface area contributed by atoms with Gasteiger partial charge in [0.2, 0.25) is 5.91 Å². The first-order valence-electron chi connectivity index (χ1n) is 8.78. The third kappa shape index (κ3) is 4.70. The van der Waals surface area contributed by atoms with Crippen molar-refractivity contribution in [3.63, 3.8) is 0 Å². The van der Waals surface area contributed by atoms with Gasteiger partial charge in [-0.25, -0.2) is 0 Å². The van der Waals surface area contributed by atoms with Crippen LogP contribution in [-0.2, 0) is 4.79 Å². The van der Waals surface area contributed by atoms with E-state index in [0.717, 1.165) is 0 Å². The van der Waals surface area contributed by atoms with Crippen LogP contribution in [0.25, 0.3) is 0 Å². The summed E-state index contributed by atoms with van der Waals surface area (Å²) in [5.74, 6) is -0.249. The minimum absolute atomic E-state index is 0.105. The molecule has 4 nitrogen and oxygen atoms in total. The number of hydrogen-bond acceptors (Lipinski definition) is 4. The Kier molecular flexibility index (Phi) is 6.16. The number of anilines is 1. The van der Waals surface area contributed by atoms with Crippen molar-refractivity contribution in [3.05, 3.63) is 88.1 Å². The van der Waals surface area contributed by atoms with Crippen molar-refractivity contribution in [2.45, 2.75) is 13.0 Å². The summed E-state index contributed by atoms with van der Waals surface area (Å²) in [6.45, 7) is 2.32. The van der Waals surface area contributed by atoms with Crippen LogP contribution in [0.1, 0.15) is 33.8 Å². The summed E-state index contributed by atoms with van der Waals surface area (Å²) >= 11 is 1.68. The van der Waals surface area contributed by atoms with Gasteiger partial charge in [-0.3, -0.25) is 14.5 Å². The molecule has 3 aromatic rings. The monoisotopic (exact) mass is 378 g/mol. The number of nitrogens with zero attached hydrogens (tertiary/aromatic N) is 1. The quantitative estimate of drug-likeness (QED) is 0.611. The van der Waals surface area contributed by atoms with Crippen molar-refractivity contribution in [1.29, 1.82) is 0 Å². The number of rotatable bonds is 7. The maximum absolute atomic E-state index is 12.8. The topological polar surface area (TPSA) is 49.4 Å². The fourth-order valence-electron chi connectivity index (χ4n) is 2.83. The van der Waals surface area contributed by atoms with Crippen LogP contribution in [0.15, 0.2) is 72.1 Å². The van der Waals surface area contributed by atoms with Crippen LogP contribution in [0.4, 0.5) is 5.69 Å². The second-order valence-electron chi connectivity index (χ2n) is 6.40. The fraction of sp³-hybridized carbons (Fsp3) is 0.182. The lowest BCUT2D eigenvalue weighted by Crippen LogP contribution is -2.32. The van der Waals surface area contributed by atoms with E-state index in [-0.39, 0.29) is 24.3 Å². The van der Waals surface area contributed by atoms with E-state index >= 15 is 0 Å². The molecule has 1 amide bonds. The number of para-hydroxylation sites is 1. The molecular weight excluding hydrogens is 356 g/mol. The van der Waals surface area contributed by atoms with Crippen molar-refractivity contribution in [2.75, 3.05) is 18.9 Å². The number of likely N-dealkylation sites (N-methyl/N-ethyl adjacent to an activating group) is 1. The summed E-state index contributed by atoms with van der Waals surface area (Å²) in [6.07, 6.45) is 0. The van der Waals surface area contributed by atoms with E-state index in [4.69, 9.17) is 0 Å². The Morgan fingerprint density at radius 1 is 1.00 bits per heavy atom. The van der Waals surface area contributed by atoms with Crippen molar-refractivity contribution in [2.24, 2.45) is 0 Å². The van der Waals surface area contributed by atoms with Gasteiger partial charge in [-0.15, -0.1) is 11.3 Å². The Balaban J connectivity index is 1.70. The fourth-order valence-corrected chi connectivity index (χ4v) is 3.68. The lowest BCUT2D eigenvalue weighted by molar-refractivity contribution is -0.117. The van der Waals surface area contributed by atoms with Crippen LogP contribution in [0.2, 0.25) is 0 Å². The van der Waals surface area contributed by atoms with Gasteiger partial charge in [0.05, 0.1) is 12.2 Å². The third-order valence-corrected chi connectivity index (χ3v) is 5.53. The molecule has 1 heterocycles. The standard InChI is InChI=1S/C22H22N2O2S/c1-16(20-13-8-14-27-20)24(2)15-21(25)23-19-12-7-6-11-18(19)22(26)17-9-4-3-5-10-17/h3-14,16H,15H2,1-2H3,(H,23,25). The van der Waals surface area contributed by atoms with Gasteiger partial charge in [0, 0.05) is 22.0 Å². The van der Waals surface area contributed by atoms with Crippen molar-refractivity contribution >= 4 is 28.7 Å². The molecule has 3 rings (SSSR count). The predicted octanol–water partition coefficient (Wildman–Crippen LogP) is 4.61. The largest absolute Gasteiger partial charge is 0.324 e. The first-order chi connectivity index (χ1) is 13.1. The number of hydrogen-bond donors (Lipinski definition) is 1. The van der Waals surface area contributed by atoms with Crippen LogP contribution in [0.3, 0.4) is 0 Å². The number of thiophene rings is 1. The molecule has 27 heavy (non-hydrogen) atoms. The Morgan fingerprint density at radius 3 is 2.41 bits per heavy atom. The molecule has 2 aromatic carbocycles. The lowest BCUT2D eigenvalue weighted by atomic mass is 10.0. The summed E-state index contributed by atoms with van der Waals surface area (Å²) in [5.41, 5.74) is 1.63. The number of amides is 1. The van der Waals surface area contributed by atoms with Gasteiger partial charge in [0.25, 0.3) is 0 Å². The molecule has 1 aromatic heterocycles. The Morgan fingerprint density at radius 2 is 1.70 bits per heavy atom. The smallest absolute Gasteiger partial charge is 0.238 e. The summed E-state index contributed by atoms with van der Waals surface area (Å²) in [6, 6.07) is 20.4. The summed E-state index contributed by atoms with van der Waals surface area (Å²) < 4.78 is 0. The van der Waals surface area contributed by atoms with Gasteiger partial charge in [0.1, 0.15) is 0 Å². The highest BCUT2D eigenvalue weighted by atomic mass is 32.1. The highest BCUT2D eigenvalue weighted by Gasteiger charge is 2.18. The van der Waals surface area contributed by atoms with E-state index in [1.165, 1.54) is 4.88 Å². The van der Waals surface area contributed by atoms with Gasteiger partial charge in [-0.05, 0) is 37.6 Å². The van der Waals surface area contributed by atoms with Crippen LogP contribution in [0, 0.1) is 0 Å². The maximum atomic E-state index is 12.8. The number of carbonyl (C=O) groups is 2. The Labute approximate surface area is 163 Å². The first-order valence-corrected chi connectivity index (χ1v) is 9.66. The molecular formula is C22H22N2O2S. The minimum atomic E-state index is -0.144. The average Bonchev–Trinajstić information content (AvgIpc) is 3.22. The van der Waals surface area contributed by atoms with Gasteiger partial charge >= 0.3 is 0 Å². The first kappa shape index (κ1) is 19.0. The molecule has 0 radical (unpaired) electrons. The summed E-state index contributed by atoms with van der Waals surface area (Å²) in [7, 11) is 1.92.